The Morgan fingerprint density at radius 2 is 2.17 bits per heavy atom. The lowest BCUT2D eigenvalue weighted by atomic mass is 10.2. The van der Waals surface area contributed by atoms with Crippen LogP contribution in [-0.2, 0) is 6.61 Å². The third-order valence-electron chi connectivity index (χ3n) is 2.68. The van der Waals surface area contributed by atoms with Crippen molar-refractivity contribution in [3.8, 4) is 5.75 Å². The van der Waals surface area contributed by atoms with Crippen LogP contribution in [0.2, 0.25) is 0 Å². The molecule has 0 atom stereocenters. The maximum Gasteiger partial charge on any atom is 0.130 e. The van der Waals surface area contributed by atoms with E-state index >= 15 is 0 Å². The molecule has 18 heavy (non-hydrogen) atoms. The molecule has 0 aliphatic carbocycles. The highest BCUT2D eigenvalue weighted by molar-refractivity contribution is 5.85. The first-order valence-corrected chi connectivity index (χ1v) is 5.97. The van der Waals surface area contributed by atoms with Crippen molar-refractivity contribution in [1.82, 2.24) is 4.98 Å². The van der Waals surface area contributed by atoms with Gasteiger partial charge in [0.2, 0.25) is 0 Å². The van der Waals surface area contributed by atoms with Gasteiger partial charge in [0.25, 0.3) is 0 Å². The topological polar surface area (TPSA) is 42.4 Å². The molecule has 0 amide bonds. The molecule has 3 nitrogen and oxygen atoms in total. The number of aromatic nitrogens is 1. The second kappa shape index (κ2) is 5.65. The number of pyridine rings is 1. The number of ether oxygens (including phenoxy) is 1. The maximum absolute atomic E-state index is 9.20. The summed E-state index contributed by atoms with van der Waals surface area (Å²) in [5, 5.41) is 10.2. The van der Waals surface area contributed by atoms with E-state index in [1.165, 1.54) is 0 Å². The Kier molecular flexibility index (Phi) is 3.95. The first-order chi connectivity index (χ1) is 8.70. The van der Waals surface area contributed by atoms with Crippen molar-refractivity contribution in [2.75, 3.05) is 6.61 Å². The number of para-hydroxylation sites is 1. The molecule has 1 N–H and O–H groups in total. The fourth-order valence-corrected chi connectivity index (χ4v) is 1.73. The molecule has 3 heteroatoms. The molecule has 0 radical (unpaired) electrons. The van der Waals surface area contributed by atoms with Gasteiger partial charge in [0.05, 0.1) is 24.4 Å². The number of benzene rings is 1. The van der Waals surface area contributed by atoms with Crippen molar-refractivity contribution >= 4 is 10.9 Å². The lowest BCUT2D eigenvalue weighted by Gasteiger charge is -2.10. The van der Waals surface area contributed by atoms with Gasteiger partial charge in [-0.25, -0.2) is 0 Å². The minimum atomic E-state index is -0.0817. The Hall–Kier alpha value is -1.87. The number of fused-ring (bicyclic) bond motifs is 1. The Morgan fingerprint density at radius 1 is 1.39 bits per heavy atom. The van der Waals surface area contributed by atoms with Gasteiger partial charge in [-0.1, -0.05) is 17.7 Å². The molecule has 0 fully saturated rings. The molecule has 0 bridgehead atoms. The maximum atomic E-state index is 9.20. The molecule has 1 aromatic heterocycles. The van der Waals surface area contributed by atoms with Crippen LogP contribution in [0.3, 0.4) is 0 Å². The summed E-state index contributed by atoms with van der Waals surface area (Å²) in [6.07, 6.45) is 0.825. The van der Waals surface area contributed by atoms with Crippen LogP contribution in [0.1, 0.15) is 19.0 Å². The van der Waals surface area contributed by atoms with Crippen LogP contribution in [0.15, 0.2) is 42.5 Å². The zero-order valence-corrected chi connectivity index (χ0v) is 10.5. The average molecular weight is 243 g/mol. The van der Waals surface area contributed by atoms with Crippen LogP contribution in [0.4, 0.5) is 0 Å². The molecule has 0 aliphatic rings. The van der Waals surface area contributed by atoms with E-state index in [4.69, 9.17) is 4.74 Å². The molecule has 0 spiro atoms. The number of nitrogens with zero attached hydrogens (tertiary/aromatic N) is 1. The Labute approximate surface area is 107 Å². The van der Waals surface area contributed by atoms with Gasteiger partial charge in [0.15, 0.2) is 0 Å². The first-order valence-electron chi connectivity index (χ1n) is 5.97. The van der Waals surface area contributed by atoms with E-state index in [2.05, 4.69) is 11.6 Å². The second-order valence-corrected chi connectivity index (χ2v) is 4.34. The summed E-state index contributed by atoms with van der Waals surface area (Å²) in [6, 6.07) is 9.56. The molecule has 94 valence electrons. The van der Waals surface area contributed by atoms with Gasteiger partial charge in [0.1, 0.15) is 5.75 Å². The third-order valence-corrected chi connectivity index (χ3v) is 2.68. The van der Waals surface area contributed by atoms with Crippen molar-refractivity contribution in [3.05, 3.63) is 48.2 Å². The minimum Gasteiger partial charge on any atom is -0.492 e. The lowest BCUT2D eigenvalue weighted by Crippen LogP contribution is -2.00. The molecular formula is C15H17NO2. The summed E-state index contributed by atoms with van der Waals surface area (Å²) >= 11 is 0. The smallest absolute Gasteiger partial charge is 0.130 e. The van der Waals surface area contributed by atoms with E-state index in [1.54, 1.807) is 6.07 Å². The highest BCUT2D eigenvalue weighted by Crippen LogP contribution is 2.25. The normalized spacial score (nSPS) is 10.6. The van der Waals surface area contributed by atoms with Crippen LogP contribution in [0.25, 0.3) is 10.9 Å². The van der Waals surface area contributed by atoms with Gasteiger partial charge < -0.3 is 9.84 Å². The molecule has 0 saturated carbocycles. The first kappa shape index (κ1) is 12.6. The summed E-state index contributed by atoms with van der Waals surface area (Å²) in [7, 11) is 0. The molecule has 0 aliphatic heterocycles. The molecule has 0 saturated heterocycles. The largest absolute Gasteiger partial charge is 0.492 e. The standard InChI is InChI=1S/C15H17NO2/c1-11(2)7-8-18-15-9-12(10-17)16-14-6-4-3-5-13(14)15/h3-6,9,17H,1,7-8,10H2,2H3. The molecule has 1 aromatic carbocycles. The minimum absolute atomic E-state index is 0.0817. The van der Waals surface area contributed by atoms with E-state index in [0.29, 0.717) is 12.3 Å². The van der Waals surface area contributed by atoms with Crippen molar-refractivity contribution in [3.63, 3.8) is 0 Å². The molecule has 2 aromatic rings. The highest BCUT2D eigenvalue weighted by Gasteiger charge is 2.06. The Balaban J connectivity index is 2.31. The summed E-state index contributed by atoms with van der Waals surface area (Å²) < 4.78 is 5.76. The third kappa shape index (κ3) is 2.87. The van der Waals surface area contributed by atoms with Crippen molar-refractivity contribution < 1.29 is 9.84 Å². The summed E-state index contributed by atoms with van der Waals surface area (Å²) in [5.74, 6) is 0.769. The number of aliphatic hydroxyl groups excluding tert-OH is 1. The van der Waals surface area contributed by atoms with Crippen molar-refractivity contribution in [1.29, 1.82) is 0 Å². The van der Waals surface area contributed by atoms with E-state index in [0.717, 1.165) is 28.6 Å². The lowest BCUT2D eigenvalue weighted by molar-refractivity contribution is 0.275. The summed E-state index contributed by atoms with van der Waals surface area (Å²) in [4.78, 5) is 4.35. The van der Waals surface area contributed by atoms with Crippen LogP contribution in [0, 0.1) is 0 Å². The number of hydrogen-bond acceptors (Lipinski definition) is 3. The number of rotatable bonds is 5. The van der Waals surface area contributed by atoms with Gasteiger partial charge in [-0.3, -0.25) is 4.98 Å². The Bertz CT molecular complexity index is 563. The molecule has 1 heterocycles. The average Bonchev–Trinajstić information content (AvgIpc) is 2.38. The highest BCUT2D eigenvalue weighted by atomic mass is 16.5. The van der Waals surface area contributed by atoms with Crippen LogP contribution in [0.5, 0.6) is 5.75 Å². The van der Waals surface area contributed by atoms with Crippen molar-refractivity contribution in [2.24, 2.45) is 0 Å². The monoisotopic (exact) mass is 243 g/mol. The second-order valence-electron chi connectivity index (χ2n) is 4.34. The van der Waals surface area contributed by atoms with E-state index in [9.17, 15) is 5.11 Å². The quantitative estimate of drug-likeness (QED) is 0.821. The van der Waals surface area contributed by atoms with E-state index in [-0.39, 0.29) is 6.61 Å². The van der Waals surface area contributed by atoms with Crippen LogP contribution < -0.4 is 4.74 Å². The Morgan fingerprint density at radius 3 is 2.89 bits per heavy atom. The van der Waals surface area contributed by atoms with Crippen LogP contribution in [-0.4, -0.2) is 16.7 Å². The van der Waals surface area contributed by atoms with Gasteiger partial charge in [-0.2, -0.15) is 0 Å². The fraction of sp³-hybridized carbons (Fsp3) is 0.267. The number of hydrogen-bond donors (Lipinski definition) is 1. The van der Waals surface area contributed by atoms with Crippen molar-refractivity contribution in [2.45, 2.75) is 20.0 Å². The molecule has 0 unspecified atom stereocenters. The van der Waals surface area contributed by atoms with E-state index in [1.807, 2.05) is 31.2 Å². The zero-order chi connectivity index (χ0) is 13.0. The predicted octanol–water partition coefficient (Wildman–Crippen LogP) is 3.07. The molecular weight excluding hydrogens is 226 g/mol. The van der Waals surface area contributed by atoms with E-state index < -0.39 is 0 Å². The fourth-order valence-electron chi connectivity index (χ4n) is 1.73. The zero-order valence-electron chi connectivity index (χ0n) is 10.5. The SMILES string of the molecule is C=C(C)CCOc1cc(CO)nc2ccccc12. The predicted molar refractivity (Wildman–Crippen MR) is 72.6 cm³/mol. The summed E-state index contributed by atoms with van der Waals surface area (Å²) in [6.45, 7) is 6.34. The van der Waals surface area contributed by atoms with Crippen LogP contribution >= 0.6 is 0 Å². The molecule has 2 rings (SSSR count). The summed E-state index contributed by atoms with van der Waals surface area (Å²) in [5.41, 5.74) is 2.56. The van der Waals surface area contributed by atoms with Gasteiger partial charge in [-0.05, 0) is 19.1 Å². The number of aliphatic hydroxyl groups is 1. The van der Waals surface area contributed by atoms with Gasteiger partial charge >= 0.3 is 0 Å². The van der Waals surface area contributed by atoms with Gasteiger partial charge in [0, 0.05) is 17.9 Å². The van der Waals surface area contributed by atoms with Gasteiger partial charge in [-0.15, -0.1) is 6.58 Å².